The van der Waals surface area contributed by atoms with Crippen molar-refractivity contribution in [3.8, 4) is 0 Å². The Balaban J connectivity index is 2.07. The third-order valence-corrected chi connectivity index (χ3v) is 4.51. The average molecular weight is 152 g/mol. The zero-order valence-electron chi connectivity index (χ0n) is 8.06. The quantitative estimate of drug-likeness (QED) is 0.568. The van der Waals surface area contributed by atoms with Crippen molar-refractivity contribution in [2.24, 2.45) is 23.2 Å². The van der Waals surface area contributed by atoms with Crippen LogP contribution in [0.25, 0.3) is 0 Å². The van der Waals surface area contributed by atoms with Crippen LogP contribution in [0, 0.1) is 23.2 Å². The minimum atomic E-state index is 0.805. The SMILES string of the molecule is CCC1(C2CC2)CC(C)C1C. The van der Waals surface area contributed by atoms with Gasteiger partial charge in [-0.2, -0.15) is 0 Å². The third kappa shape index (κ3) is 0.878. The third-order valence-electron chi connectivity index (χ3n) is 4.51. The second-order valence-electron chi connectivity index (χ2n) is 4.83. The maximum atomic E-state index is 2.47. The molecule has 0 nitrogen and oxygen atoms in total. The molecule has 2 aliphatic carbocycles. The van der Waals surface area contributed by atoms with Gasteiger partial charge in [-0.1, -0.05) is 20.8 Å². The van der Waals surface area contributed by atoms with Gasteiger partial charge in [0.05, 0.1) is 0 Å². The Hall–Kier alpha value is 0. The highest BCUT2D eigenvalue weighted by atomic mass is 14.6. The van der Waals surface area contributed by atoms with E-state index in [0.717, 1.165) is 23.2 Å². The van der Waals surface area contributed by atoms with Crippen molar-refractivity contribution < 1.29 is 0 Å². The van der Waals surface area contributed by atoms with E-state index < -0.39 is 0 Å². The highest BCUT2D eigenvalue weighted by Gasteiger charge is 2.55. The fourth-order valence-electron chi connectivity index (χ4n) is 3.32. The van der Waals surface area contributed by atoms with E-state index in [0.29, 0.717) is 0 Å². The zero-order valence-corrected chi connectivity index (χ0v) is 8.06. The maximum Gasteiger partial charge on any atom is -0.0241 e. The van der Waals surface area contributed by atoms with Gasteiger partial charge in [0.2, 0.25) is 0 Å². The molecule has 11 heavy (non-hydrogen) atoms. The van der Waals surface area contributed by atoms with Crippen molar-refractivity contribution in [1.82, 2.24) is 0 Å². The topological polar surface area (TPSA) is 0 Å². The molecule has 0 saturated heterocycles. The van der Waals surface area contributed by atoms with Crippen LogP contribution < -0.4 is 0 Å². The molecule has 2 saturated carbocycles. The lowest BCUT2D eigenvalue weighted by molar-refractivity contribution is -0.0455. The maximum absolute atomic E-state index is 2.47. The minimum absolute atomic E-state index is 0.805. The van der Waals surface area contributed by atoms with Crippen molar-refractivity contribution in [3.05, 3.63) is 0 Å². The number of hydrogen-bond donors (Lipinski definition) is 0. The summed E-state index contributed by atoms with van der Waals surface area (Å²) < 4.78 is 0. The van der Waals surface area contributed by atoms with Crippen molar-refractivity contribution >= 4 is 0 Å². The summed E-state index contributed by atoms with van der Waals surface area (Å²) >= 11 is 0. The molecule has 3 atom stereocenters. The summed E-state index contributed by atoms with van der Waals surface area (Å²) in [6, 6.07) is 0. The van der Waals surface area contributed by atoms with Crippen LogP contribution in [0.15, 0.2) is 0 Å². The molecule has 3 unspecified atom stereocenters. The van der Waals surface area contributed by atoms with Gasteiger partial charge in [0, 0.05) is 0 Å². The second kappa shape index (κ2) is 2.24. The summed E-state index contributed by atoms with van der Waals surface area (Å²) in [5, 5.41) is 0. The van der Waals surface area contributed by atoms with Crippen LogP contribution in [0.1, 0.15) is 46.5 Å². The predicted octanol–water partition coefficient (Wildman–Crippen LogP) is 3.47. The van der Waals surface area contributed by atoms with Crippen LogP contribution in [0.3, 0.4) is 0 Å². The Morgan fingerprint density at radius 3 is 2.18 bits per heavy atom. The summed E-state index contributed by atoms with van der Waals surface area (Å²) in [5.41, 5.74) is 0.805. The lowest BCUT2D eigenvalue weighted by atomic mass is 9.51. The zero-order chi connectivity index (χ0) is 8.06. The predicted molar refractivity (Wildman–Crippen MR) is 48.4 cm³/mol. The van der Waals surface area contributed by atoms with E-state index in [1.165, 1.54) is 25.7 Å². The molecule has 0 aromatic rings. The Bertz CT molecular complexity index is 157. The molecule has 0 N–H and O–H groups in total. The van der Waals surface area contributed by atoms with E-state index in [-0.39, 0.29) is 0 Å². The van der Waals surface area contributed by atoms with Gasteiger partial charge >= 0.3 is 0 Å². The molecule has 2 rings (SSSR count). The van der Waals surface area contributed by atoms with Crippen LogP contribution >= 0.6 is 0 Å². The molecule has 0 aromatic carbocycles. The first kappa shape index (κ1) is 7.64. The monoisotopic (exact) mass is 152 g/mol. The van der Waals surface area contributed by atoms with Crippen LogP contribution in [0.5, 0.6) is 0 Å². The summed E-state index contributed by atoms with van der Waals surface area (Å²) in [7, 11) is 0. The Morgan fingerprint density at radius 2 is 1.91 bits per heavy atom. The molecule has 2 fully saturated rings. The van der Waals surface area contributed by atoms with Crippen LogP contribution in [0.4, 0.5) is 0 Å². The van der Waals surface area contributed by atoms with Gasteiger partial charge in [-0.25, -0.2) is 0 Å². The highest BCUT2D eigenvalue weighted by Crippen LogP contribution is 2.64. The van der Waals surface area contributed by atoms with Crippen molar-refractivity contribution in [2.75, 3.05) is 0 Å². The van der Waals surface area contributed by atoms with Crippen molar-refractivity contribution in [2.45, 2.75) is 46.5 Å². The molecule has 2 aliphatic rings. The lowest BCUT2D eigenvalue weighted by Crippen LogP contribution is -2.46. The summed E-state index contributed by atoms with van der Waals surface area (Å²) in [6.45, 7) is 7.28. The Labute approximate surface area is 70.4 Å². The van der Waals surface area contributed by atoms with Crippen LogP contribution in [0.2, 0.25) is 0 Å². The van der Waals surface area contributed by atoms with E-state index in [1.54, 1.807) is 0 Å². The molecular formula is C11H20. The Morgan fingerprint density at radius 1 is 1.27 bits per heavy atom. The molecule has 0 amide bonds. The average Bonchev–Trinajstić information content (AvgIpc) is 2.81. The molecule has 64 valence electrons. The van der Waals surface area contributed by atoms with Gasteiger partial charge in [-0.3, -0.25) is 0 Å². The second-order valence-corrected chi connectivity index (χ2v) is 4.83. The van der Waals surface area contributed by atoms with Crippen LogP contribution in [-0.4, -0.2) is 0 Å². The van der Waals surface area contributed by atoms with Crippen molar-refractivity contribution in [1.29, 1.82) is 0 Å². The molecule has 0 radical (unpaired) electrons. The largest absolute Gasteiger partial charge is 0.0648 e. The van der Waals surface area contributed by atoms with Crippen LogP contribution in [-0.2, 0) is 0 Å². The van der Waals surface area contributed by atoms with Gasteiger partial charge in [-0.05, 0) is 48.9 Å². The Kier molecular flexibility index (Phi) is 1.56. The number of hydrogen-bond acceptors (Lipinski definition) is 0. The van der Waals surface area contributed by atoms with Gasteiger partial charge < -0.3 is 0 Å². The molecular weight excluding hydrogens is 132 g/mol. The first-order valence-electron chi connectivity index (χ1n) is 5.20. The van der Waals surface area contributed by atoms with E-state index in [2.05, 4.69) is 20.8 Å². The van der Waals surface area contributed by atoms with E-state index in [9.17, 15) is 0 Å². The van der Waals surface area contributed by atoms with Gasteiger partial charge in [-0.15, -0.1) is 0 Å². The van der Waals surface area contributed by atoms with Crippen molar-refractivity contribution in [3.63, 3.8) is 0 Å². The summed E-state index contributed by atoms with van der Waals surface area (Å²) in [6.07, 6.45) is 6.02. The van der Waals surface area contributed by atoms with E-state index in [1.807, 2.05) is 0 Å². The van der Waals surface area contributed by atoms with Gasteiger partial charge in [0.15, 0.2) is 0 Å². The normalized spacial score (nSPS) is 50.5. The smallest absolute Gasteiger partial charge is 0.0241 e. The molecule has 0 heteroatoms. The fraction of sp³-hybridized carbons (Fsp3) is 1.00. The first-order valence-corrected chi connectivity index (χ1v) is 5.20. The molecule has 0 aromatic heterocycles. The highest BCUT2D eigenvalue weighted by molar-refractivity contribution is 5.04. The molecule has 0 bridgehead atoms. The fourth-order valence-corrected chi connectivity index (χ4v) is 3.32. The molecule has 0 heterocycles. The number of rotatable bonds is 2. The van der Waals surface area contributed by atoms with Gasteiger partial charge in [0.1, 0.15) is 0 Å². The molecule has 0 spiro atoms. The molecule has 0 aliphatic heterocycles. The first-order chi connectivity index (χ1) is 5.20. The lowest BCUT2D eigenvalue weighted by Gasteiger charge is -2.54. The summed E-state index contributed by atoms with van der Waals surface area (Å²) in [5.74, 6) is 3.15. The van der Waals surface area contributed by atoms with E-state index >= 15 is 0 Å². The minimum Gasteiger partial charge on any atom is -0.0648 e. The van der Waals surface area contributed by atoms with E-state index in [4.69, 9.17) is 0 Å². The van der Waals surface area contributed by atoms with Gasteiger partial charge in [0.25, 0.3) is 0 Å². The summed E-state index contributed by atoms with van der Waals surface area (Å²) in [4.78, 5) is 0. The standard InChI is InChI=1S/C11H20/c1-4-11(10-5-6-10)7-8(2)9(11)3/h8-10H,4-7H2,1-3H3.